The fourth-order valence-electron chi connectivity index (χ4n) is 0.868. The molecule has 0 spiro atoms. The molecule has 0 saturated carbocycles. The highest BCUT2D eigenvalue weighted by molar-refractivity contribution is 5.75. The van der Waals surface area contributed by atoms with Gasteiger partial charge < -0.3 is 5.21 Å². The third-order valence-corrected chi connectivity index (χ3v) is 1.73. The van der Waals surface area contributed by atoms with Crippen LogP contribution in [0.15, 0.2) is 30.3 Å². The van der Waals surface area contributed by atoms with E-state index in [1.54, 1.807) is 6.21 Å². The molecule has 0 aliphatic heterocycles. The molecule has 1 rings (SSSR count). The van der Waals surface area contributed by atoms with Gasteiger partial charge in [0, 0.05) is 26.3 Å². The highest BCUT2D eigenvalue weighted by atomic mass is 16.5. The molecule has 2 nitrogen and oxygen atoms in total. The average molecular weight is 207 g/mol. The summed E-state index contributed by atoms with van der Waals surface area (Å²) in [6.07, 6.45) is 1.61. The molecule has 0 N–H and O–H groups in total. The Hall–Kier alpha value is -1.31. The van der Waals surface area contributed by atoms with Crippen molar-refractivity contribution < 1.29 is 4.74 Å². The molecule has 0 fully saturated rings. The van der Waals surface area contributed by atoms with Crippen molar-refractivity contribution in [1.29, 1.82) is 0 Å². The van der Waals surface area contributed by atoms with Gasteiger partial charge in [0.2, 0.25) is 0 Å². The molecule has 84 valence electrons. The van der Waals surface area contributed by atoms with Gasteiger partial charge in [0.1, 0.15) is 0 Å². The predicted molar refractivity (Wildman–Crippen MR) is 66.3 cm³/mol. The second-order valence-electron chi connectivity index (χ2n) is 4.04. The van der Waals surface area contributed by atoms with Gasteiger partial charge in [-0.1, -0.05) is 32.0 Å². The van der Waals surface area contributed by atoms with Crippen molar-refractivity contribution in [2.24, 2.45) is 0 Å². The molecule has 0 atom stereocenters. The Morgan fingerprint density at radius 2 is 1.53 bits per heavy atom. The number of hydrogen-bond acceptors (Lipinski definition) is 1. The second-order valence-corrected chi connectivity index (χ2v) is 4.04. The number of nitrogens with zero attached hydrogens (tertiary/aromatic N) is 1. The van der Waals surface area contributed by atoms with Crippen molar-refractivity contribution in [2.45, 2.75) is 40.2 Å². The molecule has 2 heteroatoms. The minimum absolute atomic E-state index is 0.365. The van der Waals surface area contributed by atoms with E-state index in [1.165, 1.54) is 0 Å². The van der Waals surface area contributed by atoms with E-state index in [4.69, 9.17) is 0 Å². The predicted octanol–water partition coefficient (Wildman–Crippen LogP) is 3.44. The molecule has 0 saturated heterocycles. The normalized spacial score (nSPS) is 11.7. The molecule has 0 heterocycles. The van der Waals surface area contributed by atoms with E-state index < -0.39 is 0 Å². The van der Waals surface area contributed by atoms with Crippen molar-refractivity contribution in [1.82, 2.24) is 0 Å². The van der Waals surface area contributed by atoms with Crippen LogP contribution < -0.4 is 0 Å². The fraction of sp³-hybridized carbons (Fsp3) is 0.462. The van der Waals surface area contributed by atoms with Gasteiger partial charge >= 0.3 is 0 Å². The van der Waals surface area contributed by atoms with Gasteiger partial charge in [0.05, 0.1) is 0 Å². The molecule has 0 aromatic heterocycles. The Balaban J connectivity index is 0.000000921. The Morgan fingerprint density at radius 1 is 1.07 bits per heavy atom. The number of rotatable bonds is 1. The van der Waals surface area contributed by atoms with Crippen LogP contribution in [-0.2, 0) is 0 Å². The summed E-state index contributed by atoms with van der Waals surface area (Å²) in [4.78, 5) is 0. The van der Waals surface area contributed by atoms with E-state index >= 15 is 0 Å². The van der Waals surface area contributed by atoms with Gasteiger partial charge in [-0.2, -0.15) is 0 Å². The van der Waals surface area contributed by atoms with Crippen LogP contribution in [0, 0.1) is 5.21 Å². The van der Waals surface area contributed by atoms with E-state index in [0.717, 1.165) is 10.3 Å². The van der Waals surface area contributed by atoms with Crippen molar-refractivity contribution >= 4 is 6.21 Å². The van der Waals surface area contributed by atoms with Gasteiger partial charge in [0.15, 0.2) is 11.8 Å². The third-order valence-electron chi connectivity index (χ3n) is 1.73. The zero-order chi connectivity index (χ0) is 11.9. The van der Waals surface area contributed by atoms with Crippen LogP contribution in [0.3, 0.4) is 0 Å². The molecule has 15 heavy (non-hydrogen) atoms. The van der Waals surface area contributed by atoms with Gasteiger partial charge in [-0.25, -0.2) is 4.74 Å². The van der Waals surface area contributed by atoms with Gasteiger partial charge in [-0.05, 0) is 12.1 Å². The molecule has 0 aliphatic carbocycles. The van der Waals surface area contributed by atoms with E-state index in [1.807, 2.05) is 65.0 Å². The topological polar surface area (TPSA) is 26.1 Å². The summed E-state index contributed by atoms with van der Waals surface area (Å²) in [6.45, 7) is 9.67. The highest BCUT2D eigenvalue weighted by Crippen LogP contribution is 2.05. The van der Waals surface area contributed by atoms with Gasteiger partial charge in [-0.3, -0.25) is 0 Å². The van der Waals surface area contributed by atoms with Crippen LogP contribution in [0.4, 0.5) is 0 Å². The molecular weight excluding hydrogens is 186 g/mol. The van der Waals surface area contributed by atoms with Gasteiger partial charge in [0.25, 0.3) is 0 Å². The molecule has 0 unspecified atom stereocenters. The lowest BCUT2D eigenvalue weighted by Gasteiger charge is -2.18. The number of hydroxylamine groups is 1. The first-order valence-corrected chi connectivity index (χ1v) is 5.36. The van der Waals surface area contributed by atoms with E-state index in [9.17, 15) is 5.21 Å². The lowest BCUT2D eigenvalue weighted by atomic mass is 10.1. The van der Waals surface area contributed by atoms with Crippen molar-refractivity contribution in [3.05, 3.63) is 41.1 Å². The zero-order valence-electron chi connectivity index (χ0n) is 10.3. The number of benzene rings is 1. The molecule has 0 radical (unpaired) electrons. The highest BCUT2D eigenvalue weighted by Gasteiger charge is 2.17. The fourth-order valence-corrected chi connectivity index (χ4v) is 0.868. The molecule has 1 aromatic carbocycles. The van der Waals surface area contributed by atoms with Crippen LogP contribution in [0.25, 0.3) is 0 Å². The molecule has 1 aromatic rings. The summed E-state index contributed by atoms with van der Waals surface area (Å²) >= 11 is 0. The van der Waals surface area contributed by atoms with Crippen molar-refractivity contribution in [3.8, 4) is 0 Å². The molecular formula is C13H21NO. The smallest absolute Gasteiger partial charge is 0.182 e. The zero-order valence-corrected chi connectivity index (χ0v) is 10.3. The Bertz CT molecular complexity index is 296. The number of hydrogen-bond donors (Lipinski definition) is 0. The molecule has 0 aliphatic rings. The summed E-state index contributed by atoms with van der Waals surface area (Å²) in [6, 6.07) is 9.60. The Morgan fingerprint density at radius 3 is 1.93 bits per heavy atom. The largest absolute Gasteiger partial charge is 0.623 e. The van der Waals surface area contributed by atoms with Crippen LogP contribution in [0.2, 0.25) is 0 Å². The Labute approximate surface area is 92.8 Å². The maximum Gasteiger partial charge on any atom is 0.182 e. The van der Waals surface area contributed by atoms with Crippen molar-refractivity contribution in [2.75, 3.05) is 0 Å². The summed E-state index contributed by atoms with van der Waals surface area (Å²) in [5, 5.41) is 11.5. The quantitative estimate of drug-likeness (QED) is 0.300. The molecule has 0 bridgehead atoms. The lowest BCUT2D eigenvalue weighted by Crippen LogP contribution is -2.29. The maximum atomic E-state index is 11.5. The van der Waals surface area contributed by atoms with Crippen LogP contribution in [-0.4, -0.2) is 16.5 Å². The first-order chi connectivity index (χ1) is 7.00. The monoisotopic (exact) mass is 207 g/mol. The minimum Gasteiger partial charge on any atom is -0.623 e. The average Bonchev–Trinajstić information content (AvgIpc) is 2.21. The summed E-state index contributed by atoms with van der Waals surface area (Å²) in [5.41, 5.74) is 0.572. The summed E-state index contributed by atoms with van der Waals surface area (Å²) < 4.78 is 0.975. The SMILES string of the molecule is CC.CC(C)(C)/[N+]([O-])=C/c1ccccc1. The van der Waals surface area contributed by atoms with Crippen LogP contribution in [0.5, 0.6) is 0 Å². The van der Waals surface area contributed by atoms with E-state index in [2.05, 4.69) is 0 Å². The summed E-state index contributed by atoms with van der Waals surface area (Å²) in [7, 11) is 0. The second kappa shape index (κ2) is 6.23. The third kappa shape index (κ3) is 5.21. The summed E-state index contributed by atoms with van der Waals surface area (Å²) in [5.74, 6) is 0. The lowest BCUT2D eigenvalue weighted by molar-refractivity contribution is -0.530. The Kier molecular flexibility index (Phi) is 5.68. The van der Waals surface area contributed by atoms with Crippen LogP contribution in [0.1, 0.15) is 40.2 Å². The molecule has 0 amide bonds. The standard InChI is InChI=1S/C11H15NO.C2H6/c1-11(2,3)12(13)9-10-7-5-4-6-8-10;1-2/h4-9H,1-3H3;1-2H3/b12-9-;. The minimum atomic E-state index is -0.365. The van der Waals surface area contributed by atoms with Gasteiger partial charge in [-0.15, -0.1) is 0 Å². The van der Waals surface area contributed by atoms with E-state index in [-0.39, 0.29) is 5.54 Å². The first kappa shape index (κ1) is 13.7. The van der Waals surface area contributed by atoms with E-state index in [0.29, 0.717) is 0 Å². The van der Waals surface area contributed by atoms with Crippen molar-refractivity contribution in [3.63, 3.8) is 0 Å². The van der Waals surface area contributed by atoms with Crippen LogP contribution >= 0.6 is 0 Å². The first-order valence-electron chi connectivity index (χ1n) is 5.36. The maximum absolute atomic E-state index is 11.5.